The second-order valence-electron chi connectivity index (χ2n) is 4.54. The van der Waals surface area contributed by atoms with Crippen LogP contribution in [0.3, 0.4) is 0 Å². The lowest BCUT2D eigenvalue weighted by Gasteiger charge is -2.36. The number of rotatable bonds is 7. The van der Waals surface area contributed by atoms with Crippen LogP contribution in [0.4, 0.5) is 0 Å². The summed E-state index contributed by atoms with van der Waals surface area (Å²) in [7, 11) is 0. The first-order chi connectivity index (χ1) is 8.07. The van der Waals surface area contributed by atoms with Gasteiger partial charge in [0, 0.05) is 16.4 Å². The van der Waals surface area contributed by atoms with Crippen LogP contribution < -0.4 is 5.32 Å². The fraction of sp³-hybridized carbons (Fsp3) is 0.714. The highest BCUT2D eigenvalue weighted by atomic mass is 32.1. The van der Waals surface area contributed by atoms with Gasteiger partial charge >= 0.3 is 0 Å². The maximum Gasteiger partial charge on any atom is 0.0853 e. The minimum absolute atomic E-state index is 0.123. The molecule has 1 N–H and O–H groups in total. The van der Waals surface area contributed by atoms with Crippen molar-refractivity contribution in [3.8, 4) is 0 Å². The Morgan fingerprint density at radius 3 is 2.47 bits per heavy atom. The van der Waals surface area contributed by atoms with Crippen LogP contribution in [0, 0.1) is 6.92 Å². The van der Waals surface area contributed by atoms with Gasteiger partial charge in [0.2, 0.25) is 0 Å². The SMILES string of the molecule is CCNC(c1ccc(C)s1)C(C)(CC)OCC. The number of hydrogen-bond acceptors (Lipinski definition) is 3. The molecule has 0 spiro atoms. The Balaban J connectivity index is 2.98. The minimum atomic E-state index is -0.123. The molecule has 1 heterocycles. The summed E-state index contributed by atoms with van der Waals surface area (Å²) in [6.45, 7) is 12.5. The normalized spacial score (nSPS) is 16.8. The standard InChI is InChI=1S/C14H25NOS/c1-6-14(5,16-8-3)13(15-7-2)12-10-9-11(4)17-12/h9-10,13,15H,6-8H2,1-5H3. The molecule has 3 heteroatoms. The molecule has 1 aromatic heterocycles. The Morgan fingerprint density at radius 1 is 1.35 bits per heavy atom. The largest absolute Gasteiger partial charge is 0.374 e. The molecule has 0 fully saturated rings. The monoisotopic (exact) mass is 255 g/mol. The molecule has 0 saturated heterocycles. The molecule has 0 aliphatic rings. The molecule has 1 rings (SSSR count). The maximum atomic E-state index is 6.00. The molecule has 2 unspecified atom stereocenters. The highest BCUT2D eigenvalue weighted by Crippen LogP contribution is 2.35. The van der Waals surface area contributed by atoms with Crippen LogP contribution in [0.5, 0.6) is 0 Å². The summed E-state index contributed by atoms with van der Waals surface area (Å²) in [5.41, 5.74) is -0.123. The van der Waals surface area contributed by atoms with E-state index >= 15 is 0 Å². The van der Waals surface area contributed by atoms with E-state index in [1.54, 1.807) is 0 Å². The van der Waals surface area contributed by atoms with Crippen LogP contribution >= 0.6 is 11.3 Å². The molecule has 0 bridgehead atoms. The summed E-state index contributed by atoms with van der Waals surface area (Å²) in [5, 5.41) is 3.57. The van der Waals surface area contributed by atoms with Crippen molar-refractivity contribution >= 4 is 11.3 Å². The zero-order valence-corrected chi connectivity index (χ0v) is 12.5. The predicted molar refractivity (Wildman–Crippen MR) is 75.8 cm³/mol. The van der Waals surface area contributed by atoms with Crippen LogP contribution in [0.2, 0.25) is 0 Å². The quantitative estimate of drug-likeness (QED) is 0.797. The highest BCUT2D eigenvalue weighted by Gasteiger charge is 2.34. The Kier molecular flexibility index (Phi) is 5.63. The number of aryl methyl sites for hydroxylation is 1. The second kappa shape index (κ2) is 6.53. The van der Waals surface area contributed by atoms with Gasteiger partial charge in [-0.15, -0.1) is 11.3 Å². The zero-order chi connectivity index (χ0) is 12.9. The lowest BCUT2D eigenvalue weighted by atomic mass is 9.91. The molecule has 0 aliphatic carbocycles. The van der Waals surface area contributed by atoms with Crippen molar-refractivity contribution in [2.75, 3.05) is 13.2 Å². The molecule has 0 aromatic carbocycles. The van der Waals surface area contributed by atoms with Gasteiger partial charge in [-0.25, -0.2) is 0 Å². The van der Waals surface area contributed by atoms with Crippen molar-refractivity contribution in [3.63, 3.8) is 0 Å². The fourth-order valence-electron chi connectivity index (χ4n) is 2.15. The minimum Gasteiger partial charge on any atom is -0.374 e. The summed E-state index contributed by atoms with van der Waals surface area (Å²) in [6, 6.07) is 4.70. The van der Waals surface area contributed by atoms with Gasteiger partial charge in [-0.2, -0.15) is 0 Å². The number of thiophene rings is 1. The molecular formula is C14H25NOS. The van der Waals surface area contributed by atoms with Crippen molar-refractivity contribution in [2.24, 2.45) is 0 Å². The smallest absolute Gasteiger partial charge is 0.0853 e. The van der Waals surface area contributed by atoms with Gasteiger partial charge in [0.15, 0.2) is 0 Å². The van der Waals surface area contributed by atoms with E-state index in [-0.39, 0.29) is 11.6 Å². The summed E-state index contributed by atoms with van der Waals surface area (Å²) < 4.78 is 6.00. The molecule has 0 saturated carbocycles. The van der Waals surface area contributed by atoms with Crippen molar-refractivity contribution < 1.29 is 4.74 Å². The van der Waals surface area contributed by atoms with Crippen LogP contribution in [-0.4, -0.2) is 18.8 Å². The topological polar surface area (TPSA) is 21.3 Å². The van der Waals surface area contributed by atoms with Crippen LogP contribution in [0.1, 0.15) is 49.9 Å². The van der Waals surface area contributed by atoms with E-state index in [1.807, 2.05) is 11.3 Å². The molecular weight excluding hydrogens is 230 g/mol. The summed E-state index contributed by atoms with van der Waals surface area (Å²) in [5.74, 6) is 0. The van der Waals surface area contributed by atoms with Crippen LogP contribution in [0.25, 0.3) is 0 Å². The van der Waals surface area contributed by atoms with E-state index in [4.69, 9.17) is 4.74 Å². The van der Waals surface area contributed by atoms with Gasteiger partial charge < -0.3 is 10.1 Å². The second-order valence-corrected chi connectivity index (χ2v) is 5.86. The predicted octanol–water partition coefficient (Wildman–Crippen LogP) is 3.91. The Labute approximate surface area is 109 Å². The first kappa shape index (κ1) is 14.7. The fourth-order valence-corrected chi connectivity index (χ4v) is 3.24. The summed E-state index contributed by atoms with van der Waals surface area (Å²) in [6.07, 6.45) is 1.01. The van der Waals surface area contributed by atoms with Crippen molar-refractivity contribution in [1.29, 1.82) is 0 Å². The maximum absolute atomic E-state index is 6.00. The van der Waals surface area contributed by atoms with E-state index in [1.165, 1.54) is 9.75 Å². The molecule has 1 aromatic rings. The van der Waals surface area contributed by atoms with E-state index in [0.29, 0.717) is 0 Å². The molecule has 0 aliphatic heterocycles. The zero-order valence-electron chi connectivity index (χ0n) is 11.7. The highest BCUT2D eigenvalue weighted by molar-refractivity contribution is 7.12. The number of nitrogens with one attached hydrogen (secondary N) is 1. The first-order valence-corrected chi connectivity index (χ1v) is 7.32. The van der Waals surface area contributed by atoms with Crippen molar-refractivity contribution in [2.45, 2.75) is 52.7 Å². The van der Waals surface area contributed by atoms with Gasteiger partial charge in [0.25, 0.3) is 0 Å². The summed E-state index contributed by atoms with van der Waals surface area (Å²) >= 11 is 1.86. The van der Waals surface area contributed by atoms with Gasteiger partial charge in [-0.3, -0.25) is 0 Å². The molecule has 0 radical (unpaired) electrons. The first-order valence-electron chi connectivity index (χ1n) is 6.51. The third kappa shape index (κ3) is 3.54. The number of ether oxygens (including phenoxy) is 1. The summed E-state index contributed by atoms with van der Waals surface area (Å²) in [4.78, 5) is 2.74. The van der Waals surface area contributed by atoms with E-state index in [9.17, 15) is 0 Å². The van der Waals surface area contributed by atoms with Gasteiger partial charge in [-0.1, -0.05) is 13.8 Å². The average Bonchev–Trinajstić information content (AvgIpc) is 2.72. The lowest BCUT2D eigenvalue weighted by Crippen LogP contribution is -2.43. The Hall–Kier alpha value is -0.380. The van der Waals surface area contributed by atoms with E-state index in [0.717, 1.165) is 19.6 Å². The van der Waals surface area contributed by atoms with Gasteiger partial charge in [0.05, 0.1) is 11.6 Å². The van der Waals surface area contributed by atoms with Gasteiger partial charge in [0.1, 0.15) is 0 Å². The van der Waals surface area contributed by atoms with E-state index in [2.05, 4.69) is 52.1 Å². The van der Waals surface area contributed by atoms with E-state index < -0.39 is 0 Å². The average molecular weight is 255 g/mol. The number of hydrogen-bond donors (Lipinski definition) is 1. The molecule has 17 heavy (non-hydrogen) atoms. The van der Waals surface area contributed by atoms with Crippen molar-refractivity contribution in [1.82, 2.24) is 5.32 Å². The molecule has 2 atom stereocenters. The lowest BCUT2D eigenvalue weighted by molar-refractivity contribution is -0.0551. The Bertz CT molecular complexity index is 337. The molecule has 0 amide bonds. The Morgan fingerprint density at radius 2 is 2.06 bits per heavy atom. The third-order valence-electron chi connectivity index (χ3n) is 3.24. The molecule has 98 valence electrons. The third-order valence-corrected chi connectivity index (χ3v) is 4.31. The van der Waals surface area contributed by atoms with Crippen molar-refractivity contribution in [3.05, 3.63) is 21.9 Å². The van der Waals surface area contributed by atoms with Crippen LogP contribution in [-0.2, 0) is 4.74 Å². The number of likely N-dealkylation sites (N-methyl/N-ethyl adjacent to an activating group) is 1. The molecule has 2 nitrogen and oxygen atoms in total. The van der Waals surface area contributed by atoms with Gasteiger partial charge in [-0.05, 0) is 45.9 Å². The van der Waals surface area contributed by atoms with Crippen LogP contribution in [0.15, 0.2) is 12.1 Å².